The van der Waals surface area contributed by atoms with Crippen molar-refractivity contribution < 1.29 is 19.0 Å². The monoisotopic (exact) mass is 287 g/mol. The van der Waals surface area contributed by atoms with Gasteiger partial charge in [0.25, 0.3) is 0 Å². The number of hydrogen-bond donors (Lipinski definition) is 1. The van der Waals surface area contributed by atoms with Crippen LogP contribution in [0.2, 0.25) is 0 Å². The predicted octanol–water partition coefficient (Wildman–Crippen LogP) is 3.25. The number of hydrogen-bond acceptors (Lipinski definition) is 5. The molecule has 110 valence electrons. The van der Waals surface area contributed by atoms with Crippen molar-refractivity contribution in [3.63, 3.8) is 0 Å². The lowest BCUT2D eigenvalue weighted by atomic mass is 10.1. The lowest BCUT2D eigenvalue weighted by molar-refractivity contribution is 0.0523. The van der Waals surface area contributed by atoms with Crippen LogP contribution in [0.25, 0.3) is 0 Å². The Morgan fingerprint density at radius 3 is 2.48 bits per heavy atom. The molecule has 0 atom stereocenters. The van der Waals surface area contributed by atoms with E-state index in [0.29, 0.717) is 17.2 Å². The van der Waals surface area contributed by atoms with Crippen LogP contribution in [0.1, 0.15) is 17.3 Å². The number of para-hydroxylation sites is 3. The molecule has 0 bridgehead atoms. The quantitative estimate of drug-likeness (QED) is 0.675. The van der Waals surface area contributed by atoms with Gasteiger partial charge in [0.15, 0.2) is 17.2 Å². The molecule has 0 aromatic heterocycles. The van der Waals surface area contributed by atoms with E-state index in [1.165, 1.54) is 0 Å². The molecule has 0 unspecified atom stereocenters. The van der Waals surface area contributed by atoms with Crippen molar-refractivity contribution in [3.05, 3.63) is 48.0 Å². The molecule has 0 radical (unpaired) electrons. The Hall–Kier alpha value is -2.69. The van der Waals surface area contributed by atoms with Gasteiger partial charge < -0.3 is 19.9 Å². The lowest BCUT2D eigenvalue weighted by Gasteiger charge is -2.14. The third kappa shape index (κ3) is 3.25. The number of carbonyl (C=O) groups is 1. The van der Waals surface area contributed by atoms with E-state index in [1.807, 2.05) is 6.07 Å². The first kappa shape index (κ1) is 14.7. The number of rotatable bonds is 5. The van der Waals surface area contributed by atoms with Gasteiger partial charge >= 0.3 is 5.97 Å². The molecule has 0 aliphatic rings. The van der Waals surface area contributed by atoms with E-state index in [4.69, 9.17) is 19.9 Å². The van der Waals surface area contributed by atoms with Crippen molar-refractivity contribution in [1.82, 2.24) is 0 Å². The molecule has 2 N–H and O–H groups in total. The summed E-state index contributed by atoms with van der Waals surface area (Å²) in [5.74, 6) is 0.814. The van der Waals surface area contributed by atoms with Gasteiger partial charge in [-0.05, 0) is 31.2 Å². The zero-order chi connectivity index (χ0) is 15.2. The van der Waals surface area contributed by atoms with Crippen LogP contribution in [0.15, 0.2) is 42.5 Å². The fraction of sp³-hybridized carbons (Fsp3) is 0.188. The molecule has 2 aromatic rings. The highest BCUT2D eigenvalue weighted by atomic mass is 16.5. The summed E-state index contributed by atoms with van der Waals surface area (Å²) >= 11 is 0. The average Bonchev–Trinajstić information content (AvgIpc) is 2.50. The fourth-order valence-corrected chi connectivity index (χ4v) is 1.85. The van der Waals surface area contributed by atoms with Crippen molar-refractivity contribution in [1.29, 1.82) is 0 Å². The van der Waals surface area contributed by atoms with Crippen molar-refractivity contribution in [2.24, 2.45) is 0 Å². The highest BCUT2D eigenvalue weighted by Crippen LogP contribution is 2.36. The van der Waals surface area contributed by atoms with E-state index in [0.717, 1.165) is 0 Å². The minimum atomic E-state index is -0.477. The van der Waals surface area contributed by atoms with Gasteiger partial charge in [-0.3, -0.25) is 0 Å². The maximum Gasteiger partial charge on any atom is 0.342 e. The zero-order valence-electron chi connectivity index (χ0n) is 12.0. The fourth-order valence-electron chi connectivity index (χ4n) is 1.85. The molecule has 0 fully saturated rings. The molecule has 0 saturated carbocycles. The Labute approximate surface area is 123 Å². The minimum absolute atomic E-state index is 0.264. The molecule has 0 aliphatic heterocycles. The SMILES string of the molecule is CCOC(=O)c1cccc(N)c1Oc1ccccc1OC. The molecule has 5 heteroatoms. The molecular weight excluding hydrogens is 270 g/mol. The number of nitrogen functional groups attached to an aromatic ring is 1. The van der Waals surface area contributed by atoms with Crippen molar-refractivity contribution in [3.8, 4) is 17.2 Å². The minimum Gasteiger partial charge on any atom is -0.493 e. The second kappa shape index (κ2) is 6.65. The van der Waals surface area contributed by atoms with Crippen LogP contribution < -0.4 is 15.2 Å². The second-order valence-corrected chi connectivity index (χ2v) is 4.20. The Balaban J connectivity index is 2.41. The van der Waals surface area contributed by atoms with Crippen LogP contribution in [-0.4, -0.2) is 19.7 Å². The topological polar surface area (TPSA) is 70.8 Å². The van der Waals surface area contributed by atoms with Crippen LogP contribution in [0.4, 0.5) is 5.69 Å². The van der Waals surface area contributed by atoms with E-state index in [-0.39, 0.29) is 17.9 Å². The smallest absolute Gasteiger partial charge is 0.342 e. The maximum atomic E-state index is 12.0. The Morgan fingerprint density at radius 2 is 1.81 bits per heavy atom. The van der Waals surface area contributed by atoms with Crippen LogP contribution in [-0.2, 0) is 4.74 Å². The van der Waals surface area contributed by atoms with Crippen molar-refractivity contribution >= 4 is 11.7 Å². The van der Waals surface area contributed by atoms with Gasteiger partial charge in [-0.15, -0.1) is 0 Å². The molecule has 2 rings (SSSR count). The summed E-state index contributed by atoms with van der Waals surface area (Å²) in [6.45, 7) is 2.02. The molecule has 0 saturated heterocycles. The summed E-state index contributed by atoms with van der Waals surface area (Å²) in [4.78, 5) is 12.0. The first-order chi connectivity index (χ1) is 10.2. The zero-order valence-corrected chi connectivity index (χ0v) is 12.0. The Bertz CT molecular complexity index is 640. The van der Waals surface area contributed by atoms with Crippen molar-refractivity contribution in [2.45, 2.75) is 6.92 Å². The summed E-state index contributed by atoms with van der Waals surface area (Å²) in [5, 5.41) is 0. The summed E-state index contributed by atoms with van der Waals surface area (Å²) in [6, 6.07) is 12.1. The standard InChI is InChI=1S/C16H17NO4/c1-3-20-16(18)11-7-6-8-12(17)15(11)21-14-10-5-4-9-13(14)19-2/h4-10H,3,17H2,1-2H3. The molecule has 0 aliphatic carbocycles. The van der Waals surface area contributed by atoms with Crippen LogP contribution in [0, 0.1) is 0 Å². The van der Waals surface area contributed by atoms with E-state index < -0.39 is 5.97 Å². The first-order valence-corrected chi connectivity index (χ1v) is 6.53. The van der Waals surface area contributed by atoms with Crippen molar-refractivity contribution in [2.75, 3.05) is 19.5 Å². The molecule has 2 aromatic carbocycles. The molecule has 0 amide bonds. The molecule has 5 nitrogen and oxygen atoms in total. The van der Waals surface area contributed by atoms with E-state index >= 15 is 0 Å². The molecule has 21 heavy (non-hydrogen) atoms. The Morgan fingerprint density at radius 1 is 1.10 bits per heavy atom. The van der Waals surface area contributed by atoms with Crippen LogP contribution in [0.5, 0.6) is 17.2 Å². The maximum absolute atomic E-state index is 12.0. The number of esters is 1. The third-order valence-corrected chi connectivity index (χ3v) is 2.82. The van der Waals surface area contributed by atoms with Gasteiger partial charge in [0.1, 0.15) is 5.56 Å². The van der Waals surface area contributed by atoms with Gasteiger partial charge in [-0.2, -0.15) is 0 Å². The first-order valence-electron chi connectivity index (χ1n) is 6.53. The molecule has 0 spiro atoms. The van der Waals surface area contributed by atoms with Gasteiger partial charge in [-0.25, -0.2) is 4.79 Å². The number of carbonyl (C=O) groups excluding carboxylic acids is 1. The van der Waals surface area contributed by atoms with Gasteiger partial charge in [0.2, 0.25) is 0 Å². The second-order valence-electron chi connectivity index (χ2n) is 4.20. The lowest BCUT2D eigenvalue weighted by Crippen LogP contribution is -2.08. The largest absolute Gasteiger partial charge is 0.493 e. The number of methoxy groups -OCH3 is 1. The van der Waals surface area contributed by atoms with E-state index in [2.05, 4.69) is 0 Å². The normalized spacial score (nSPS) is 10.0. The number of anilines is 1. The highest BCUT2D eigenvalue weighted by molar-refractivity contribution is 5.94. The number of benzene rings is 2. The highest BCUT2D eigenvalue weighted by Gasteiger charge is 2.18. The predicted molar refractivity (Wildman–Crippen MR) is 79.9 cm³/mol. The third-order valence-electron chi connectivity index (χ3n) is 2.82. The summed E-state index contributed by atoms with van der Waals surface area (Å²) in [7, 11) is 1.54. The van der Waals surface area contributed by atoms with E-state index in [1.54, 1.807) is 50.4 Å². The summed E-state index contributed by atoms with van der Waals surface area (Å²) < 4.78 is 16.0. The number of ether oxygens (including phenoxy) is 3. The average molecular weight is 287 g/mol. The van der Waals surface area contributed by atoms with Gasteiger partial charge in [0.05, 0.1) is 19.4 Å². The van der Waals surface area contributed by atoms with E-state index in [9.17, 15) is 4.79 Å². The molecule has 0 heterocycles. The van der Waals surface area contributed by atoms with Gasteiger partial charge in [-0.1, -0.05) is 18.2 Å². The molecular formula is C16H17NO4. The Kier molecular flexibility index (Phi) is 4.66. The summed E-state index contributed by atoms with van der Waals surface area (Å²) in [6.07, 6.45) is 0. The number of nitrogens with two attached hydrogens (primary N) is 1. The summed E-state index contributed by atoms with van der Waals surface area (Å²) in [5.41, 5.74) is 6.55. The van der Waals surface area contributed by atoms with Crippen LogP contribution >= 0.6 is 0 Å². The van der Waals surface area contributed by atoms with Crippen LogP contribution in [0.3, 0.4) is 0 Å². The van der Waals surface area contributed by atoms with Gasteiger partial charge in [0, 0.05) is 0 Å².